The molecule has 6 nitrogen and oxygen atoms in total. The molecule has 1 aliphatic carbocycles. The normalized spacial score (nSPS) is 13.0. The van der Waals surface area contributed by atoms with Crippen molar-refractivity contribution in [3.05, 3.63) is 57.2 Å². The number of thioether (sulfide) groups is 1. The summed E-state index contributed by atoms with van der Waals surface area (Å²) in [5, 5.41) is 20.2. The molecule has 4 rings (SSSR count). The second-order valence-corrected chi connectivity index (χ2v) is 8.58. The van der Waals surface area contributed by atoms with Gasteiger partial charge < -0.3 is 10.2 Å². The zero-order chi connectivity index (χ0) is 19.8. The highest BCUT2D eigenvalue weighted by atomic mass is 32.2. The quantitative estimate of drug-likeness (QED) is 0.211. The molecule has 0 amide bonds. The molecule has 0 saturated heterocycles. The molecule has 3 aromatic rings. The van der Waals surface area contributed by atoms with Crippen LogP contribution < -0.4 is 5.56 Å². The lowest BCUT2D eigenvalue weighted by atomic mass is 10.1. The molecule has 0 radical (unpaired) electrons. The van der Waals surface area contributed by atoms with Crippen LogP contribution in [0.2, 0.25) is 0 Å². The number of carbonyl (C=O) groups excluding carboxylic acids is 1. The number of aromatic nitrogens is 2. The third-order valence-electron chi connectivity index (χ3n) is 4.73. The Bertz CT molecular complexity index is 1160. The van der Waals surface area contributed by atoms with Crippen LogP contribution in [0.5, 0.6) is 11.5 Å². The maximum absolute atomic E-state index is 13.1. The molecule has 0 atom stereocenters. The molecule has 2 heterocycles. The molecule has 2 aromatic heterocycles. The summed E-state index contributed by atoms with van der Waals surface area (Å²) in [6.07, 6.45) is 4.62. The largest absolute Gasteiger partial charge is 0.504 e. The predicted octanol–water partition coefficient (Wildman–Crippen LogP) is 3.52. The maximum atomic E-state index is 13.1. The summed E-state index contributed by atoms with van der Waals surface area (Å²) in [4.78, 5) is 32.2. The molecule has 0 fully saturated rings. The standard InChI is InChI=1S/C20H18N2O4S2/c1-2-8-22-19(26)17-12-4-3-5-16(12)28-18(17)21-20(22)27-10-15(25)11-6-7-13(23)14(24)9-11/h2,6-7,9,23-24H,1,3-5,8,10H2. The first-order valence-corrected chi connectivity index (χ1v) is 10.6. The minimum absolute atomic E-state index is 0.0599. The summed E-state index contributed by atoms with van der Waals surface area (Å²) in [5.41, 5.74) is 1.33. The summed E-state index contributed by atoms with van der Waals surface area (Å²) in [6, 6.07) is 3.96. The number of rotatable bonds is 6. The molecule has 0 unspecified atom stereocenters. The van der Waals surface area contributed by atoms with E-state index in [-0.39, 0.29) is 34.2 Å². The minimum Gasteiger partial charge on any atom is -0.504 e. The van der Waals surface area contributed by atoms with Gasteiger partial charge in [-0.15, -0.1) is 17.9 Å². The van der Waals surface area contributed by atoms with Crippen LogP contribution >= 0.6 is 23.1 Å². The van der Waals surface area contributed by atoms with Crippen molar-refractivity contribution in [2.75, 3.05) is 5.75 Å². The van der Waals surface area contributed by atoms with Gasteiger partial charge in [0.25, 0.3) is 5.56 Å². The second-order valence-electron chi connectivity index (χ2n) is 6.55. The lowest BCUT2D eigenvalue weighted by Gasteiger charge is -2.10. The van der Waals surface area contributed by atoms with Crippen LogP contribution in [0.1, 0.15) is 27.2 Å². The first kappa shape index (κ1) is 18.8. The van der Waals surface area contributed by atoms with Gasteiger partial charge in [0.2, 0.25) is 0 Å². The van der Waals surface area contributed by atoms with Gasteiger partial charge in [-0.25, -0.2) is 4.98 Å². The molecule has 28 heavy (non-hydrogen) atoms. The Kier molecular flexibility index (Phi) is 4.99. The lowest BCUT2D eigenvalue weighted by molar-refractivity contribution is 0.102. The van der Waals surface area contributed by atoms with Crippen LogP contribution in [0.25, 0.3) is 10.2 Å². The lowest BCUT2D eigenvalue weighted by Crippen LogP contribution is -2.23. The average molecular weight is 415 g/mol. The molecule has 2 N–H and O–H groups in total. The third kappa shape index (κ3) is 3.22. The van der Waals surface area contributed by atoms with Gasteiger partial charge >= 0.3 is 0 Å². The van der Waals surface area contributed by atoms with E-state index in [0.717, 1.165) is 29.7 Å². The number of hydrogen-bond acceptors (Lipinski definition) is 7. The van der Waals surface area contributed by atoms with Crippen molar-refractivity contribution >= 4 is 39.1 Å². The van der Waals surface area contributed by atoms with E-state index in [4.69, 9.17) is 0 Å². The topological polar surface area (TPSA) is 92.4 Å². The number of allylic oxidation sites excluding steroid dienone is 1. The van der Waals surface area contributed by atoms with Gasteiger partial charge in [0.15, 0.2) is 22.4 Å². The molecule has 0 spiro atoms. The fraction of sp³-hybridized carbons (Fsp3) is 0.250. The molecule has 0 bridgehead atoms. The highest BCUT2D eigenvalue weighted by molar-refractivity contribution is 7.99. The number of nitrogens with zero attached hydrogens (tertiary/aromatic N) is 2. The van der Waals surface area contributed by atoms with Crippen molar-refractivity contribution in [3.8, 4) is 11.5 Å². The summed E-state index contributed by atoms with van der Waals surface area (Å²) < 4.78 is 1.56. The van der Waals surface area contributed by atoms with Crippen molar-refractivity contribution in [1.29, 1.82) is 0 Å². The van der Waals surface area contributed by atoms with E-state index in [1.54, 1.807) is 22.0 Å². The molecular weight excluding hydrogens is 396 g/mol. The average Bonchev–Trinajstić information content (AvgIpc) is 3.25. The van der Waals surface area contributed by atoms with E-state index in [2.05, 4.69) is 11.6 Å². The van der Waals surface area contributed by atoms with Gasteiger partial charge in [0.1, 0.15) is 4.83 Å². The number of benzene rings is 1. The number of ketones is 1. The Labute approximate surface area is 169 Å². The van der Waals surface area contributed by atoms with Crippen LogP contribution in [-0.4, -0.2) is 31.3 Å². The summed E-state index contributed by atoms with van der Waals surface area (Å²) in [7, 11) is 0. The highest BCUT2D eigenvalue weighted by Crippen LogP contribution is 2.35. The van der Waals surface area contributed by atoms with E-state index in [0.29, 0.717) is 17.1 Å². The number of aromatic hydroxyl groups is 2. The molecule has 1 aromatic carbocycles. The predicted molar refractivity (Wildman–Crippen MR) is 111 cm³/mol. The van der Waals surface area contributed by atoms with Crippen molar-refractivity contribution in [2.45, 2.75) is 31.0 Å². The number of phenols is 2. The first-order chi connectivity index (χ1) is 13.5. The summed E-state index contributed by atoms with van der Waals surface area (Å²) in [5.74, 6) is -0.785. The Balaban J connectivity index is 1.67. The number of thiophene rings is 1. The smallest absolute Gasteiger partial charge is 0.263 e. The second kappa shape index (κ2) is 7.44. The van der Waals surface area contributed by atoms with Crippen LogP contribution in [0.3, 0.4) is 0 Å². The fourth-order valence-corrected chi connectivity index (χ4v) is 5.57. The fourth-order valence-electron chi connectivity index (χ4n) is 3.37. The molecule has 144 valence electrons. The van der Waals surface area contributed by atoms with E-state index in [9.17, 15) is 19.8 Å². The molecule has 1 aliphatic rings. The Morgan fingerprint density at radius 1 is 1.32 bits per heavy atom. The van der Waals surface area contributed by atoms with Gasteiger partial charge in [-0.2, -0.15) is 0 Å². The van der Waals surface area contributed by atoms with E-state index < -0.39 is 0 Å². The van der Waals surface area contributed by atoms with Gasteiger partial charge in [0, 0.05) is 17.0 Å². The van der Waals surface area contributed by atoms with Crippen molar-refractivity contribution in [2.24, 2.45) is 0 Å². The van der Waals surface area contributed by atoms with Crippen LogP contribution in [-0.2, 0) is 19.4 Å². The number of fused-ring (bicyclic) bond motifs is 3. The zero-order valence-electron chi connectivity index (χ0n) is 15.0. The van der Waals surface area contributed by atoms with Crippen molar-refractivity contribution in [3.63, 3.8) is 0 Å². The van der Waals surface area contributed by atoms with E-state index in [1.165, 1.54) is 34.8 Å². The third-order valence-corrected chi connectivity index (χ3v) is 6.89. The van der Waals surface area contributed by atoms with Crippen molar-refractivity contribution < 1.29 is 15.0 Å². The first-order valence-electron chi connectivity index (χ1n) is 8.83. The number of Topliss-reactive ketones (excluding diaryl/α,β-unsaturated/α-hetero) is 1. The summed E-state index contributed by atoms with van der Waals surface area (Å²) in [6.45, 7) is 4.05. The number of phenolic OH excluding ortho intramolecular Hbond substituents is 2. The van der Waals surface area contributed by atoms with Crippen LogP contribution in [0.15, 0.2) is 40.8 Å². The monoisotopic (exact) mass is 414 g/mol. The van der Waals surface area contributed by atoms with Gasteiger partial charge in [0.05, 0.1) is 11.1 Å². The van der Waals surface area contributed by atoms with Gasteiger partial charge in [-0.05, 0) is 43.0 Å². The van der Waals surface area contributed by atoms with Crippen molar-refractivity contribution in [1.82, 2.24) is 9.55 Å². The molecule has 0 saturated carbocycles. The van der Waals surface area contributed by atoms with Gasteiger partial charge in [-0.1, -0.05) is 17.8 Å². The Morgan fingerprint density at radius 2 is 2.14 bits per heavy atom. The molecule has 0 aliphatic heterocycles. The molecule has 8 heteroatoms. The maximum Gasteiger partial charge on any atom is 0.263 e. The Morgan fingerprint density at radius 3 is 2.89 bits per heavy atom. The Hall–Kier alpha value is -2.58. The zero-order valence-corrected chi connectivity index (χ0v) is 16.6. The minimum atomic E-state index is -0.341. The summed E-state index contributed by atoms with van der Waals surface area (Å²) >= 11 is 2.75. The SMILES string of the molecule is C=CCn1c(SCC(=O)c2ccc(O)c(O)c2)nc2sc3c(c2c1=O)CCC3. The number of aryl methyl sites for hydroxylation is 2. The number of carbonyl (C=O) groups is 1. The number of hydrogen-bond donors (Lipinski definition) is 2. The molecular formula is C20H18N2O4S2. The van der Waals surface area contributed by atoms with Gasteiger partial charge in [-0.3, -0.25) is 14.2 Å². The van der Waals surface area contributed by atoms with Crippen LogP contribution in [0.4, 0.5) is 0 Å². The van der Waals surface area contributed by atoms with E-state index >= 15 is 0 Å². The van der Waals surface area contributed by atoms with Crippen LogP contribution in [0, 0.1) is 0 Å². The highest BCUT2D eigenvalue weighted by Gasteiger charge is 2.23. The van der Waals surface area contributed by atoms with E-state index in [1.807, 2.05) is 0 Å².